The Morgan fingerprint density at radius 2 is 2.12 bits per heavy atom. The van der Waals surface area contributed by atoms with Crippen molar-refractivity contribution >= 4 is 17.2 Å². The quantitative estimate of drug-likeness (QED) is 0.423. The second kappa shape index (κ2) is 13.7. The number of ether oxygens (including phenoxy) is 3. The van der Waals surface area contributed by atoms with Crippen molar-refractivity contribution in [2.45, 2.75) is 31.9 Å². The molecule has 33 heavy (non-hydrogen) atoms. The molecule has 0 saturated carbocycles. The van der Waals surface area contributed by atoms with Gasteiger partial charge in [-0.15, -0.1) is 11.3 Å². The number of thiophene rings is 1. The molecule has 0 bridgehead atoms. The van der Waals surface area contributed by atoms with Crippen LogP contribution in [0, 0.1) is 0 Å². The maximum Gasteiger partial charge on any atom is 0.237 e. The van der Waals surface area contributed by atoms with Crippen molar-refractivity contribution < 1.29 is 24.1 Å². The number of benzene rings is 1. The highest BCUT2D eigenvalue weighted by atomic mass is 32.1. The summed E-state index contributed by atoms with van der Waals surface area (Å²) in [5.41, 5.74) is 1.18. The SMILES string of the molecule is CCOC[C@@H](O)CN(CCCOC)CC(=O)N1CCc2sccc2[C@@H]1COc1ccccc1. The largest absolute Gasteiger partial charge is 0.491 e. The fourth-order valence-electron chi connectivity index (χ4n) is 4.12. The number of amides is 1. The minimum Gasteiger partial charge on any atom is -0.491 e. The summed E-state index contributed by atoms with van der Waals surface area (Å²) in [6, 6.07) is 11.7. The summed E-state index contributed by atoms with van der Waals surface area (Å²) in [6.45, 7) is 5.72. The van der Waals surface area contributed by atoms with Crippen molar-refractivity contribution in [2.75, 3.05) is 59.7 Å². The molecule has 7 nitrogen and oxygen atoms in total. The Kier molecular flexibility index (Phi) is 10.6. The van der Waals surface area contributed by atoms with Crippen LogP contribution in [0.3, 0.4) is 0 Å². The molecular formula is C25H36N2O5S. The number of hydrogen-bond donors (Lipinski definition) is 1. The summed E-state index contributed by atoms with van der Waals surface area (Å²) in [4.78, 5) is 18.7. The molecule has 0 fully saturated rings. The van der Waals surface area contributed by atoms with Crippen LogP contribution in [-0.2, 0) is 20.7 Å². The number of nitrogens with zero attached hydrogens (tertiary/aromatic N) is 2. The Morgan fingerprint density at radius 1 is 1.30 bits per heavy atom. The highest BCUT2D eigenvalue weighted by Gasteiger charge is 2.33. The van der Waals surface area contributed by atoms with E-state index >= 15 is 0 Å². The fourth-order valence-corrected chi connectivity index (χ4v) is 5.05. The van der Waals surface area contributed by atoms with Crippen LogP contribution in [0.25, 0.3) is 0 Å². The maximum atomic E-state index is 13.5. The molecule has 0 radical (unpaired) electrons. The van der Waals surface area contributed by atoms with E-state index in [0.717, 1.165) is 18.6 Å². The van der Waals surface area contributed by atoms with Crippen LogP contribution >= 0.6 is 11.3 Å². The first-order valence-corrected chi connectivity index (χ1v) is 12.5. The maximum absolute atomic E-state index is 13.5. The van der Waals surface area contributed by atoms with E-state index in [-0.39, 0.29) is 25.1 Å². The summed E-state index contributed by atoms with van der Waals surface area (Å²) in [7, 11) is 1.67. The van der Waals surface area contributed by atoms with Gasteiger partial charge in [0.05, 0.1) is 25.3 Å². The molecule has 0 saturated heterocycles. The van der Waals surface area contributed by atoms with Gasteiger partial charge in [-0.25, -0.2) is 0 Å². The number of aliphatic hydroxyl groups excluding tert-OH is 1. The lowest BCUT2D eigenvalue weighted by Crippen LogP contribution is -2.48. The van der Waals surface area contributed by atoms with Crippen LogP contribution < -0.4 is 4.74 Å². The van der Waals surface area contributed by atoms with Gasteiger partial charge in [0.2, 0.25) is 5.91 Å². The third-order valence-electron chi connectivity index (χ3n) is 5.73. The smallest absolute Gasteiger partial charge is 0.237 e. The Hall–Kier alpha value is -1.97. The molecule has 2 aromatic rings. The van der Waals surface area contributed by atoms with Gasteiger partial charge in [-0.3, -0.25) is 9.69 Å². The standard InChI is InChI=1S/C25H36N2O5S/c1-3-31-18-20(28)16-26(12-7-14-30-2)17-25(29)27-13-10-24-22(11-15-33-24)23(27)19-32-21-8-5-4-6-9-21/h4-6,8-9,11,15,20,23,28H,3,7,10,12-14,16-19H2,1-2H3/t20-,23-/m0/s1. The second-order valence-corrected chi connectivity index (χ2v) is 9.17. The molecule has 182 valence electrons. The Bertz CT molecular complexity index is 831. The molecular weight excluding hydrogens is 440 g/mol. The van der Waals surface area contributed by atoms with E-state index in [4.69, 9.17) is 14.2 Å². The van der Waals surface area contributed by atoms with E-state index in [2.05, 4.69) is 11.4 Å². The summed E-state index contributed by atoms with van der Waals surface area (Å²) in [6.07, 6.45) is 1.01. The average molecular weight is 477 g/mol. The predicted octanol–water partition coefficient (Wildman–Crippen LogP) is 2.99. The molecule has 1 aliphatic heterocycles. The third kappa shape index (κ3) is 7.79. The molecule has 1 N–H and O–H groups in total. The molecule has 1 amide bonds. The topological polar surface area (TPSA) is 71.5 Å². The Labute approximate surface area is 200 Å². The van der Waals surface area contributed by atoms with Gasteiger partial charge in [0.25, 0.3) is 0 Å². The van der Waals surface area contributed by atoms with Crippen molar-refractivity contribution in [3.8, 4) is 5.75 Å². The van der Waals surface area contributed by atoms with E-state index in [1.54, 1.807) is 18.4 Å². The van der Waals surface area contributed by atoms with Crippen molar-refractivity contribution in [3.63, 3.8) is 0 Å². The van der Waals surface area contributed by atoms with Crippen LogP contribution in [0.1, 0.15) is 29.8 Å². The highest BCUT2D eigenvalue weighted by molar-refractivity contribution is 7.10. The van der Waals surface area contributed by atoms with Gasteiger partial charge < -0.3 is 24.2 Å². The number of rotatable bonds is 14. The molecule has 1 aliphatic rings. The van der Waals surface area contributed by atoms with E-state index < -0.39 is 6.10 Å². The number of methoxy groups -OCH3 is 1. The summed E-state index contributed by atoms with van der Waals surface area (Å²) < 4.78 is 16.6. The zero-order chi connectivity index (χ0) is 23.5. The van der Waals surface area contributed by atoms with E-state index in [1.165, 1.54) is 10.4 Å². The van der Waals surface area contributed by atoms with Gasteiger partial charge in [-0.2, -0.15) is 0 Å². The molecule has 3 rings (SSSR count). The number of aliphatic hydroxyl groups is 1. The number of hydrogen-bond acceptors (Lipinski definition) is 7. The van der Waals surface area contributed by atoms with Gasteiger partial charge >= 0.3 is 0 Å². The normalized spacial score (nSPS) is 16.6. The number of fused-ring (bicyclic) bond motifs is 1. The molecule has 0 aliphatic carbocycles. The molecule has 0 spiro atoms. The van der Waals surface area contributed by atoms with Gasteiger partial charge in [0, 0.05) is 44.8 Å². The van der Waals surface area contributed by atoms with Crippen molar-refractivity contribution in [1.29, 1.82) is 0 Å². The van der Waals surface area contributed by atoms with Crippen LogP contribution in [0.4, 0.5) is 0 Å². The monoisotopic (exact) mass is 476 g/mol. The lowest BCUT2D eigenvalue weighted by molar-refractivity contribution is -0.136. The lowest BCUT2D eigenvalue weighted by Gasteiger charge is -2.37. The number of para-hydroxylation sites is 1. The first kappa shape index (κ1) is 25.6. The minimum absolute atomic E-state index is 0.0505. The molecule has 2 atom stereocenters. The molecule has 8 heteroatoms. The Morgan fingerprint density at radius 3 is 2.88 bits per heavy atom. The number of carbonyl (C=O) groups is 1. The number of carbonyl (C=O) groups excluding carboxylic acids is 1. The molecule has 1 aromatic carbocycles. The van der Waals surface area contributed by atoms with Gasteiger partial charge in [-0.1, -0.05) is 18.2 Å². The average Bonchev–Trinajstić information content (AvgIpc) is 3.31. The van der Waals surface area contributed by atoms with Crippen molar-refractivity contribution in [3.05, 3.63) is 52.2 Å². The zero-order valence-corrected chi connectivity index (χ0v) is 20.5. The first-order valence-electron chi connectivity index (χ1n) is 11.6. The van der Waals surface area contributed by atoms with Crippen molar-refractivity contribution in [2.24, 2.45) is 0 Å². The minimum atomic E-state index is -0.637. The summed E-state index contributed by atoms with van der Waals surface area (Å²) in [5.74, 6) is 0.849. The predicted molar refractivity (Wildman–Crippen MR) is 130 cm³/mol. The zero-order valence-electron chi connectivity index (χ0n) is 19.7. The van der Waals surface area contributed by atoms with Gasteiger partial charge in [0.15, 0.2) is 0 Å². The summed E-state index contributed by atoms with van der Waals surface area (Å²) >= 11 is 1.74. The molecule has 2 heterocycles. The fraction of sp³-hybridized carbons (Fsp3) is 0.560. The van der Waals surface area contributed by atoms with E-state index in [0.29, 0.717) is 39.5 Å². The lowest BCUT2D eigenvalue weighted by atomic mass is 10.0. The van der Waals surface area contributed by atoms with E-state index in [1.807, 2.05) is 47.1 Å². The van der Waals surface area contributed by atoms with Crippen LogP contribution in [0.2, 0.25) is 0 Å². The Balaban J connectivity index is 1.68. The second-order valence-electron chi connectivity index (χ2n) is 8.17. The van der Waals surface area contributed by atoms with Crippen LogP contribution in [-0.4, -0.2) is 86.6 Å². The van der Waals surface area contributed by atoms with E-state index in [9.17, 15) is 9.90 Å². The first-order chi connectivity index (χ1) is 16.1. The molecule has 1 aromatic heterocycles. The van der Waals surface area contributed by atoms with Crippen molar-refractivity contribution in [1.82, 2.24) is 9.80 Å². The third-order valence-corrected chi connectivity index (χ3v) is 6.73. The van der Waals surface area contributed by atoms with Crippen LogP contribution in [0.5, 0.6) is 5.75 Å². The molecule has 0 unspecified atom stereocenters. The summed E-state index contributed by atoms with van der Waals surface area (Å²) in [5, 5.41) is 12.4. The van der Waals surface area contributed by atoms with Gasteiger partial charge in [-0.05, 0) is 48.9 Å². The van der Waals surface area contributed by atoms with Gasteiger partial charge in [0.1, 0.15) is 12.4 Å². The highest BCUT2D eigenvalue weighted by Crippen LogP contribution is 2.34. The van der Waals surface area contributed by atoms with Crippen LogP contribution in [0.15, 0.2) is 41.8 Å².